The maximum Gasteiger partial charge on any atom is 0.160 e. The molecule has 2 aromatic rings. The SMILES string of the molecule is C=C(C)c1ccc(C)c(/C(C(C)=O)=C(/C)c2ccc(Cl)c(P)c2)c1.C=CC.CC. The Hall–Kier alpha value is -1.95. The zero-order valence-electron chi connectivity index (χ0n) is 18.8. The summed E-state index contributed by atoms with van der Waals surface area (Å²) in [4.78, 5) is 12.4. The highest BCUT2D eigenvalue weighted by molar-refractivity contribution is 7.28. The van der Waals surface area contributed by atoms with Crippen LogP contribution in [0.15, 0.2) is 55.6 Å². The van der Waals surface area contributed by atoms with Gasteiger partial charge in [-0.2, -0.15) is 0 Å². The van der Waals surface area contributed by atoms with E-state index in [1.807, 2.05) is 71.9 Å². The molecule has 0 aromatic heterocycles. The molecular weight excluding hydrogens is 395 g/mol. The smallest absolute Gasteiger partial charge is 0.160 e. The van der Waals surface area contributed by atoms with Crippen molar-refractivity contribution >= 4 is 48.6 Å². The first-order valence-corrected chi connectivity index (χ1v) is 10.7. The van der Waals surface area contributed by atoms with Crippen LogP contribution in [0.25, 0.3) is 16.7 Å². The monoisotopic (exact) mass is 428 g/mol. The highest BCUT2D eigenvalue weighted by Crippen LogP contribution is 2.31. The first-order valence-electron chi connectivity index (χ1n) is 9.75. The topological polar surface area (TPSA) is 17.1 Å². The number of allylic oxidation sites excluding steroid dienone is 4. The Morgan fingerprint density at radius 2 is 1.55 bits per heavy atom. The van der Waals surface area contributed by atoms with Gasteiger partial charge in [0, 0.05) is 10.6 Å². The van der Waals surface area contributed by atoms with Gasteiger partial charge in [0.1, 0.15) is 0 Å². The molecule has 2 aromatic carbocycles. The zero-order chi connectivity index (χ0) is 22.7. The van der Waals surface area contributed by atoms with Crippen molar-refractivity contribution in [3.05, 3.63) is 82.9 Å². The fourth-order valence-electron chi connectivity index (χ4n) is 2.73. The van der Waals surface area contributed by atoms with Crippen molar-refractivity contribution in [1.29, 1.82) is 0 Å². The van der Waals surface area contributed by atoms with Gasteiger partial charge in [0.15, 0.2) is 5.78 Å². The van der Waals surface area contributed by atoms with E-state index in [0.29, 0.717) is 5.02 Å². The van der Waals surface area contributed by atoms with Crippen LogP contribution in [0.4, 0.5) is 0 Å². The zero-order valence-corrected chi connectivity index (χ0v) is 20.7. The Labute approximate surface area is 184 Å². The molecule has 0 aliphatic carbocycles. The summed E-state index contributed by atoms with van der Waals surface area (Å²) >= 11 is 6.11. The lowest BCUT2D eigenvalue weighted by Crippen LogP contribution is -2.04. The van der Waals surface area contributed by atoms with E-state index in [9.17, 15) is 4.79 Å². The summed E-state index contributed by atoms with van der Waals surface area (Å²) in [5.74, 6) is 0.0507. The van der Waals surface area contributed by atoms with Crippen LogP contribution in [0.5, 0.6) is 0 Å². The standard InChI is InChI=1S/C21H22ClOP.C3H6.C2H6/c1-12(2)16-7-6-13(3)18(10-16)21(15(5)23)14(4)17-8-9-19(22)20(24)11-17;1-3-2;1-2/h6-11H,1,24H2,2-5H3;3H,1H2,2H3;1-2H3/b21-14-;;. The van der Waals surface area contributed by atoms with Crippen LogP contribution in [-0.4, -0.2) is 5.78 Å². The van der Waals surface area contributed by atoms with E-state index in [-0.39, 0.29) is 5.78 Å². The second-order valence-corrected chi connectivity index (χ2v) is 7.54. The molecule has 1 unspecified atom stereocenters. The Balaban J connectivity index is 0.00000143. The maximum atomic E-state index is 12.4. The number of halogens is 1. The van der Waals surface area contributed by atoms with Gasteiger partial charge in [0.2, 0.25) is 0 Å². The molecule has 2 rings (SSSR count). The highest BCUT2D eigenvalue weighted by atomic mass is 35.5. The maximum absolute atomic E-state index is 12.4. The van der Waals surface area contributed by atoms with Crippen LogP contribution in [0.2, 0.25) is 5.02 Å². The van der Waals surface area contributed by atoms with Crippen molar-refractivity contribution in [3.63, 3.8) is 0 Å². The predicted octanol–water partition coefficient (Wildman–Crippen LogP) is 7.92. The lowest BCUT2D eigenvalue weighted by Gasteiger charge is -2.15. The Morgan fingerprint density at radius 3 is 2.00 bits per heavy atom. The van der Waals surface area contributed by atoms with Gasteiger partial charge < -0.3 is 0 Å². The van der Waals surface area contributed by atoms with Crippen molar-refractivity contribution < 1.29 is 4.79 Å². The molecule has 0 amide bonds. The number of hydrogen-bond donors (Lipinski definition) is 0. The van der Waals surface area contributed by atoms with Crippen molar-refractivity contribution in [3.8, 4) is 0 Å². The van der Waals surface area contributed by atoms with Crippen LogP contribution in [0, 0.1) is 6.92 Å². The number of Topliss-reactive ketones (excluding diaryl/α,β-unsaturated/α-hetero) is 1. The molecule has 1 atom stereocenters. The van der Waals surface area contributed by atoms with Gasteiger partial charge in [-0.3, -0.25) is 4.79 Å². The summed E-state index contributed by atoms with van der Waals surface area (Å²) in [6.45, 7) is 20.8. The Kier molecular flexibility index (Phi) is 12.4. The van der Waals surface area contributed by atoms with E-state index < -0.39 is 0 Å². The molecule has 0 heterocycles. The average Bonchev–Trinajstić information content (AvgIpc) is 2.67. The molecule has 3 heteroatoms. The first kappa shape index (κ1) is 27.0. The fourth-order valence-corrected chi connectivity index (χ4v) is 3.13. The molecule has 0 N–H and O–H groups in total. The van der Waals surface area contributed by atoms with Gasteiger partial charge in [-0.15, -0.1) is 15.8 Å². The van der Waals surface area contributed by atoms with E-state index in [1.54, 1.807) is 13.0 Å². The molecule has 0 bridgehead atoms. The summed E-state index contributed by atoms with van der Waals surface area (Å²) in [6, 6.07) is 11.9. The molecule has 156 valence electrons. The number of benzene rings is 2. The number of rotatable bonds is 4. The van der Waals surface area contributed by atoms with Crippen molar-refractivity contribution in [2.24, 2.45) is 0 Å². The van der Waals surface area contributed by atoms with E-state index in [2.05, 4.69) is 28.5 Å². The molecule has 0 aliphatic heterocycles. The van der Waals surface area contributed by atoms with Crippen LogP contribution >= 0.6 is 20.8 Å². The molecule has 0 saturated heterocycles. The third-order valence-electron chi connectivity index (χ3n) is 4.16. The summed E-state index contributed by atoms with van der Waals surface area (Å²) < 4.78 is 0. The first-order chi connectivity index (χ1) is 13.6. The van der Waals surface area contributed by atoms with Gasteiger partial charge in [-0.05, 0) is 85.9 Å². The number of aryl methyl sites for hydroxylation is 1. The highest BCUT2D eigenvalue weighted by Gasteiger charge is 2.16. The third kappa shape index (κ3) is 7.77. The number of carbonyl (C=O) groups is 1. The molecule has 0 fully saturated rings. The molecule has 1 nitrogen and oxygen atoms in total. The van der Waals surface area contributed by atoms with Gasteiger partial charge in [-0.1, -0.05) is 61.9 Å². The van der Waals surface area contributed by atoms with Gasteiger partial charge in [0.25, 0.3) is 0 Å². The Bertz CT molecular complexity index is 907. The predicted molar refractivity (Wildman–Crippen MR) is 137 cm³/mol. The Morgan fingerprint density at radius 1 is 1.03 bits per heavy atom. The minimum atomic E-state index is 0.0507. The summed E-state index contributed by atoms with van der Waals surface area (Å²) in [6.07, 6.45) is 1.75. The molecule has 0 radical (unpaired) electrons. The molecule has 29 heavy (non-hydrogen) atoms. The van der Waals surface area contributed by atoms with E-state index >= 15 is 0 Å². The van der Waals surface area contributed by atoms with Crippen LogP contribution in [-0.2, 0) is 4.79 Å². The molecule has 0 aliphatic rings. The van der Waals surface area contributed by atoms with Crippen molar-refractivity contribution in [2.75, 3.05) is 0 Å². The fraction of sp³-hybridized carbons (Fsp3) is 0.269. The van der Waals surface area contributed by atoms with Crippen LogP contribution < -0.4 is 5.30 Å². The van der Waals surface area contributed by atoms with Crippen LogP contribution in [0.1, 0.15) is 63.8 Å². The quantitative estimate of drug-likeness (QED) is 0.209. The minimum Gasteiger partial charge on any atom is -0.294 e. The number of carbonyl (C=O) groups excluding carboxylic acids is 1. The van der Waals surface area contributed by atoms with Gasteiger partial charge in [0.05, 0.1) is 0 Å². The van der Waals surface area contributed by atoms with Crippen molar-refractivity contribution in [1.82, 2.24) is 0 Å². The van der Waals surface area contributed by atoms with Crippen molar-refractivity contribution in [2.45, 2.75) is 48.5 Å². The average molecular weight is 429 g/mol. The number of ketones is 1. The summed E-state index contributed by atoms with van der Waals surface area (Å²) in [7, 11) is 2.63. The van der Waals surface area contributed by atoms with Gasteiger partial charge >= 0.3 is 0 Å². The van der Waals surface area contributed by atoms with Gasteiger partial charge in [-0.25, -0.2) is 0 Å². The second kappa shape index (κ2) is 13.3. The lowest BCUT2D eigenvalue weighted by molar-refractivity contribution is -0.111. The normalized spacial score (nSPS) is 10.5. The summed E-state index contributed by atoms with van der Waals surface area (Å²) in [5, 5.41) is 1.62. The third-order valence-corrected chi connectivity index (χ3v) is 5.16. The largest absolute Gasteiger partial charge is 0.294 e. The van der Waals surface area contributed by atoms with E-state index in [0.717, 1.165) is 44.3 Å². The lowest BCUT2D eigenvalue weighted by atomic mass is 9.89. The molecule has 0 spiro atoms. The molecule has 0 saturated carbocycles. The number of hydrogen-bond acceptors (Lipinski definition) is 1. The summed E-state index contributed by atoms with van der Waals surface area (Å²) in [5.41, 5.74) is 6.74. The van der Waals surface area contributed by atoms with Crippen LogP contribution in [0.3, 0.4) is 0 Å². The minimum absolute atomic E-state index is 0.0507. The second-order valence-electron chi connectivity index (χ2n) is 6.51. The van der Waals surface area contributed by atoms with E-state index in [1.165, 1.54) is 0 Å². The molecular formula is C26H34ClOP. The van der Waals surface area contributed by atoms with E-state index in [4.69, 9.17) is 11.6 Å².